The van der Waals surface area contributed by atoms with Crippen molar-refractivity contribution in [3.8, 4) is 0 Å². The second-order valence-corrected chi connectivity index (χ2v) is 11.2. The van der Waals surface area contributed by atoms with E-state index in [1.54, 1.807) is 11.9 Å². The van der Waals surface area contributed by atoms with E-state index in [0.717, 1.165) is 41.7 Å². The first-order valence-corrected chi connectivity index (χ1v) is 12.3. The molecule has 164 valence electrons. The highest BCUT2D eigenvalue weighted by Crippen LogP contribution is 2.75. The number of rotatable bonds is 6. The Bertz CT molecular complexity index is 1050. The number of morpholine rings is 1. The molecule has 1 amide bonds. The maximum absolute atomic E-state index is 12.6. The van der Waals surface area contributed by atoms with Crippen LogP contribution in [-0.2, 0) is 9.53 Å². The van der Waals surface area contributed by atoms with Crippen molar-refractivity contribution in [3.63, 3.8) is 0 Å². The van der Waals surface area contributed by atoms with E-state index < -0.39 is 0 Å². The third-order valence-electron chi connectivity index (χ3n) is 7.31. The molecule has 2 atom stereocenters. The summed E-state index contributed by atoms with van der Waals surface area (Å²) >= 11 is 1.69. The zero-order valence-electron chi connectivity index (χ0n) is 18.4. The average Bonchev–Trinajstić information content (AvgIpc) is 3.61. The molecule has 4 aliphatic rings. The van der Waals surface area contributed by atoms with Crippen LogP contribution in [0, 0.1) is 11.3 Å². The van der Waals surface area contributed by atoms with Crippen molar-refractivity contribution in [2.24, 2.45) is 11.3 Å². The Balaban J connectivity index is 1.34. The van der Waals surface area contributed by atoms with Gasteiger partial charge >= 0.3 is 0 Å². The van der Waals surface area contributed by atoms with Gasteiger partial charge in [0, 0.05) is 34.6 Å². The fourth-order valence-electron chi connectivity index (χ4n) is 4.74. The maximum Gasteiger partial charge on any atom is 0.232 e. The molecule has 3 saturated carbocycles. The summed E-state index contributed by atoms with van der Waals surface area (Å²) in [6, 6.07) is 8.47. The lowest BCUT2D eigenvalue weighted by molar-refractivity contribution is -0.119. The van der Waals surface area contributed by atoms with Crippen molar-refractivity contribution < 1.29 is 9.53 Å². The van der Waals surface area contributed by atoms with Crippen LogP contribution in [0.25, 0.3) is 10.9 Å². The number of anilines is 2. The van der Waals surface area contributed by atoms with E-state index >= 15 is 0 Å². The quantitative estimate of drug-likeness (QED) is 0.654. The van der Waals surface area contributed by atoms with Gasteiger partial charge in [-0.2, -0.15) is 0 Å². The van der Waals surface area contributed by atoms with Gasteiger partial charge in [0.25, 0.3) is 0 Å². The van der Waals surface area contributed by atoms with E-state index in [1.165, 1.54) is 18.5 Å². The first-order chi connectivity index (χ1) is 14.8. The first-order valence-electron chi connectivity index (χ1n) is 11.4. The van der Waals surface area contributed by atoms with Crippen LogP contribution in [0.1, 0.15) is 46.5 Å². The molecule has 1 aromatic heterocycles. The predicted octanol–water partition coefficient (Wildman–Crippen LogP) is 4.35. The minimum absolute atomic E-state index is 0.0524. The minimum Gasteiger partial charge on any atom is -0.372 e. The molecule has 1 unspecified atom stereocenters. The molecule has 1 aliphatic heterocycles. The van der Waals surface area contributed by atoms with Gasteiger partial charge in [-0.25, -0.2) is 4.98 Å². The molecular formula is C24H30N4O2S. The molecule has 2 heterocycles. The van der Waals surface area contributed by atoms with Crippen molar-refractivity contribution in [3.05, 3.63) is 24.3 Å². The summed E-state index contributed by atoms with van der Waals surface area (Å²) in [6.07, 6.45) is 4.92. The highest BCUT2D eigenvalue weighted by atomic mass is 32.2. The standard InChI is InChI=1S/C24H30N4O2S/c1-14-12-28(13-15(2)30-14)20-9-17(31-27-23(3)6-7-23)8-19-18(20)4-5-21(25-19)26-22(29)24-10-16(24)11-24/h4-5,8-9,14-16,27H,6-7,10-13H2,1-3H3,(H,25,26,29)/t14-,15?,16?,24?/m0/s1. The SMILES string of the molecule is CC1CN(c2cc(SNC3(C)CC3)cc3nc(NC(=O)C45CC4C5)ccc23)C[C@H](C)O1. The molecule has 7 heteroatoms. The normalized spacial score (nSPS) is 32.5. The summed E-state index contributed by atoms with van der Waals surface area (Å²) in [5.74, 6) is 1.43. The van der Waals surface area contributed by atoms with Crippen molar-refractivity contribution in [1.82, 2.24) is 9.71 Å². The Hall–Kier alpha value is -1.83. The fourth-order valence-corrected chi connectivity index (χ4v) is 5.65. The van der Waals surface area contributed by atoms with Crippen LogP contribution in [0.5, 0.6) is 0 Å². The number of aromatic nitrogens is 1. The summed E-state index contributed by atoms with van der Waals surface area (Å²) in [7, 11) is 0. The van der Waals surface area contributed by atoms with E-state index in [1.807, 2.05) is 6.07 Å². The third-order valence-corrected chi connectivity index (χ3v) is 8.38. The van der Waals surface area contributed by atoms with Crippen molar-refractivity contribution >= 4 is 40.3 Å². The van der Waals surface area contributed by atoms with Gasteiger partial charge in [0.15, 0.2) is 0 Å². The molecule has 0 bridgehead atoms. The number of nitrogens with one attached hydrogen (secondary N) is 2. The minimum atomic E-state index is -0.0524. The number of hydrogen-bond acceptors (Lipinski definition) is 6. The number of fused-ring (bicyclic) bond motifs is 2. The van der Waals surface area contributed by atoms with Crippen molar-refractivity contribution in [2.45, 2.75) is 69.1 Å². The summed E-state index contributed by atoms with van der Waals surface area (Å²) in [6.45, 7) is 8.25. The molecule has 2 aromatic rings. The van der Waals surface area contributed by atoms with Crippen molar-refractivity contribution in [2.75, 3.05) is 23.3 Å². The van der Waals surface area contributed by atoms with Crippen LogP contribution in [0.15, 0.2) is 29.2 Å². The molecule has 2 N–H and O–H groups in total. The lowest BCUT2D eigenvalue weighted by atomic mass is 10.1. The third kappa shape index (κ3) is 3.70. The highest BCUT2D eigenvalue weighted by Gasteiger charge is 2.74. The second kappa shape index (κ2) is 6.83. The predicted molar refractivity (Wildman–Crippen MR) is 124 cm³/mol. The van der Waals surface area contributed by atoms with Crippen LogP contribution < -0.4 is 14.9 Å². The number of carbonyl (C=O) groups excluding carboxylic acids is 1. The van der Waals surface area contributed by atoms with E-state index in [0.29, 0.717) is 11.7 Å². The van der Waals surface area contributed by atoms with Gasteiger partial charge in [0.2, 0.25) is 5.91 Å². The molecule has 4 fully saturated rings. The molecule has 1 saturated heterocycles. The lowest BCUT2D eigenvalue weighted by Gasteiger charge is -2.37. The van der Waals surface area contributed by atoms with Crippen LogP contribution in [0.3, 0.4) is 0 Å². The van der Waals surface area contributed by atoms with Crippen LogP contribution >= 0.6 is 11.9 Å². The molecule has 0 radical (unpaired) electrons. The van der Waals surface area contributed by atoms with E-state index in [2.05, 4.69) is 53.9 Å². The number of hydrogen-bond donors (Lipinski definition) is 2. The second-order valence-electron chi connectivity index (χ2n) is 10.3. The molecular weight excluding hydrogens is 408 g/mol. The number of pyridine rings is 1. The number of benzene rings is 1. The van der Waals surface area contributed by atoms with E-state index in [-0.39, 0.29) is 29.1 Å². The Morgan fingerprint density at radius 1 is 1.19 bits per heavy atom. The molecule has 3 aliphatic carbocycles. The lowest BCUT2D eigenvalue weighted by Crippen LogP contribution is -2.45. The van der Waals surface area contributed by atoms with E-state index in [4.69, 9.17) is 9.72 Å². The molecule has 31 heavy (non-hydrogen) atoms. The summed E-state index contributed by atoms with van der Waals surface area (Å²) in [5, 5.41) is 4.19. The number of amides is 1. The summed E-state index contributed by atoms with van der Waals surface area (Å²) in [4.78, 5) is 21.0. The van der Waals surface area contributed by atoms with Gasteiger partial charge in [0.05, 0.1) is 23.1 Å². The average molecular weight is 439 g/mol. The Morgan fingerprint density at radius 2 is 1.90 bits per heavy atom. The van der Waals surface area contributed by atoms with Gasteiger partial charge < -0.3 is 15.0 Å². The molecule has 0 spiro atoms. The zero-order chi connectivity index (χ0) is 21.4. The Morgan fingerprint density at radius 3 is 2.55 bits per heavy atom. The topological polar surface area (TPSA) is 66.5 Å². The Labute approximate surface area is 187 Å². The first kappa shape index (κ1) is 19.8. The summed E-state index contributed by atoms with van der Waals surface area (Å²) < 4.78 is 9.58. The van der Waals surface area contributed by atoms with Crippen molar-refractivity contribution in [1.29, 1.82) is 0 Å². The molecule has 1 aromatic carbocycles. The number of carbonyl (C=O) groups is 1. The molecule has 6 nitrogen and oxygen atoms in total. The van der Waals surface area contributed by atoms with Gasteiger partial charge in [-0.15, -0.1) is 0 Å². The molecule has 6 rings (SSSR count). The van der Waals surface area contributed by atoms with Gasteiger partial charge in [-0.05, 0) is 88.6 Å². The highest BCUT2D eigenvalue weighted by molar-refractivity contribution is 7.97. The van der Waals surface area contributed by atoms with Gasteiger partial charge in [0.1, 0.15) is 5.82 Å². The fraction of sp³-hybridized carbons (Fsp3) is 0.583. The maximum atomic E-state index is 12.6. The number of ether oxygens (including phenoxy) is 1. The van der Waals surface area contributed by atoms with Crippen LogP contribution in [0.2, 0.25) is 0 Å². The van der Waals surface area contributed by atoms with Gasteiger partial charge in [-0.3, -0.25) is 9.52 Å². The Kier molecular flexibility index (Phi) is 4.37. The van der Waals surface area contributed by atoms with Gasteiger partial charge in [-0.1, -0.05) is 0 Å². The van der Waals surface area contributed by atoms with E-state index in [9.17, 15) is 4.79 Å². The van der Waals surface area contributed by atoms with Crippen LogP contribution in [0.4, 0.5) is 11.5 Å². The largest absolute Gasteiger partial charge is 0.372 e. The summed E-state index contributed by atoms with van der Waals surface area (Å²) in [5.41, 5.74) is 2.31. The van der Waals surface area contributed by atoms with Crippen LogP contribution in [-0.4, -0.2) is 41.7 Å². The smallest absolute Gasteiger partial charge is 0.232 e. The number of nitrogens with zero attached hydrogens (tertiary/aromatic N) is 2. The monoisotopic (exact) mass is 438 g/mol. The zero-order valence-corrected chi connectivity index (χ0v) is 19.2.